The van der Waals surface area contributed by atoms with Gasteiger partial charge in [-0.2, -0.15) is 0 Å². The summed E-state index contributed by atoms with van der Waals surface area (Å²) in [4.78, 5) is 0. The van der Waals surface area contributed by atoms with E-state index in [0.29, 0.717) is 12.0 Å². The second-order valence-electron chi connectivity index (χ2n) is 3.47. The molecule has 0 aromatic heterocycles. The molecule has 0 radical (unpaired) electrons. The SMILES string of the molecule is CCC(N)c1ccc(OC(F)(F)F)c(OC)c1. The van der Waals surface area contributed by atoms with Crippen molar-refractivity contribution in [2.45, 2.75) is 25.7 Å². The summed E-state index contributed by atoms with van der Waals surface area (Å²) in [5.74, 6) is -0.351. The van der Waals surface area contributed by atoms with Crippen LogP contribution in [-0.2, 0) is 0 Å². The third kappa shape index (κ3) is 3.81. The van der Waals surface area contributed by atoms with Crippen molar-refractivity contribution in [3.8, 4) is 11.5 Å². The van der Waals surface area contributed by atoms with Crippen molar-refractivity contribution < 1.29 is 22.6 Å². The molecule has 17 heavy (non-hydrogen) atoms. The summed E-state index contributed by atoms with van der Waals surface area (Å²) in [7, 11) is 1.28. The fourth-order valence-corrected chi connectivity index (χ4v) is 1.36. The van der Waals surface area contributed by atoms with Gasteiger partial charge < -0.3 is 15.2 Å². The van der Waals surface area contributed by atoms with Gasteiger partial charge in [0.2, 0.25) is 0 Å². The van der Waals surface area contributed by atoms with Crippen LogP contribution in [0.3, 0.4) is 0 Å². The highest BCUT2D eigenvalue weighted by molar-refractivity contribution is 5.43. The number of alkyl halides is 3. The Bertz CT molecular complexity index is 379. The quantitative estimate of drug-likeness (QED) is 0.892. The first kappa shape index (κ1) is 13.6. The fourth-order valence-electron chi connectivity index (χ4n) is 1.36. The lowest BCUT2D eigenvalue weighted by atomic mass is 10.1. The first-order valence-electron chi connectivity index (χ1n) is 5.06. The number of hydrogen-bond donors (Lipinski definition) is 1. The van der Waals surface area contributed by atoms with Gasteiger partial charge in [-0.1, -0.05) is 13.0 Å². The fraction of sp³-hybridized carbons (Fsp3) is 0.455. The van der Waals surface area contributed by atoms with Crippen LogP contribution in [0, 0.1) is 0 Å². The highest BCUT2D eigenvalue weighted by Crippen LogP contribution is 2.34. The zero-order valence-electron chi connectivity index (χ0n) is 9.54. The van der Waals surface area contributed by atoms with E-state index in [-0.39, 0.29) is 17.5 Å². The molecule has 0 aliphatic heterocycles. The Labute approximate surface area is 97.3 Å². The Morgan fingerprint density at radius 1 is 1.29 bits per heavy atom. The minimum atomic E-state index is -4.73. The standard InChI is InChI=1S/C11H14F3NO2/c1-3-8(15)7-4-5-9(10(6-7)16-2)17-11(12,13)14/h4-6,8H,3,15H2,1-2H3. The highest BCUT2D eigenvalue weighted by atomic mass is 19.4. The van der Waals surface area contributed by atoms with E-state index in [1.54, 1.807) is 0 Å². The molecule has 0 bridgehead atoms. The van der Waals surface area contributed by atoms with Crippen LogP contribution in [0.4, 0.5) is 13.2 Å². The molecule has 0 amide bonds. The third-order valence-corrected chi connectivity index (χ3v) is 2.28. The zero-order chi connectivity index (χ0) is 13.1. The van der Waals surface area contributed by atoms with Crippen LogP contribution in [-0.4, -0.2) is 13.5 Å². The molecule has 0 saturated heterocycles. The maximum atomic E-state index is 12.1. The minimum absolute atomic E-state index is 0.0173. The van der Waals surface area contributed by atoms with Gasteiger partial charge in [0.05, 0.1) is 7.11 Å². The molecular weight excluding hydrogens is 235 g/mol. The van der Waals surface area contributed by atoms with E-state index < -0.39 is 6.36 Å². The summed E-state index contributed by atoms with van der Waals surface area (Å²) in [6.45, 7) is 1.89. The molecule has 2 N–H and O–H groups in total. The second kappa shape index (κ2) is 5.27. The van der Waals surface area contributed by atoms with Crippen molar-refractivity contribution in [1.29, 1.82) is 0 Å². The number of hydrogen-bond acceptors (Lipinski definition) is 3. The predicted molar refractivity (Wildman–Crippen MR) is 56.9 cm³/mol. The van der Waals surface area contributed by atoms with Gasteiger partial charge in [-0.05, 0) is 24.1 Å². The van der Waals surface area contributed by atoms with E-state index in [1.165, 1.54) is 25.3 Å². The molecule has 0 aliphatic rings. The van der Waals surface area contributed by atoms with Crippen LogP contribution >= 0.6 is 0 Å². The first-order chi connectivity index (χ1) is 7.87. The molecule has 0 spiro atoms. The van der Waals surface area contributed by atoms with Crippen molar-refractivity contribution in [2.75, 3.05) is 7.11 Å². The molecular formula is C11H14F3NO2. The summed E-state index contributed by atoms with van der Waals surface area (Å²) < 4.78 is 44.9. The van der Waals surface area contributed by atoms with Crippen LogP contribution in [0.2, 0.25) is 0 Å². The highest BCUT2D eigenvalue weighted by Gasteiger charge is 2.32. The second-order valence-corrected chi connectivity index (χ2v) is 3.47. The molecule has 1 aromatic carbocycles. The summed E-state index contributed by atoms with van der Waals surface area (Å²) in [5, 5.41) is 0. The lowest BCUT2D eigenvalue weighted by Crippen LogP contribution is -2.18. The molecule has 1 rings (SSSR count). The van der Waals surface area contributed by atoms with Gasteiger partial charge in [0.1, 0.15) is 0 Å². The van der Waals surface area contributed by atoms with E-state index in [2.05, 4.69) is 4.74 Å². The van der Waals surface area contributed by atoms with E-state index >= 15 is 0 Å². The van der Waals surface area contributed by atoms with Crippen LogP contribution in [0.15, 0.2) is 18.2 Å². The van der Waals surface area contributed by atoms with Gasteiger partial charge in [0.25, 0.3) is 0 Å². The Hall–Kier alpha value is -1.43. The molecule has 1 aromatic rings. The van der Waals surface area contributed by atoms with Gasteiger partial charge in [-0.15, -0.1) is 13.2 Å². The lowest BCUT2D eigenvalue weighted by molar-refractivity contribution is -0.275. The number of rotatable bonds is 4. The average Bonchev–Trinajstić information content (AvgIpc) is 2.26. The molecule has 1 unspecified atom stereocenters. The molecule has 96 valence electrons. The monoisotopic (exact) mass is 249 g/mol. The Morgan fingerprint density at radius 3 is 2.41 bits per heavy atom. The number of methoxy groups -OCH3 is 1. The van der Waals surface area contributed by atoms with Gasteiger partial charge in [-0.3, -0.25) is 0 Å². The maximum Gasteiger partial charge on any atom is 0.573 e. The molecule has 6 heteroatoms. The van der Waals surface area contributed by atoms with Crippen molar-refractivity contribution in [2.24, 2.45) is 5.73 Å². The van der Waals surface area contributed by atoms with Gasteiger partial charge in [-0.25, -0.2) is 0 Å². The lowest BCUT2D eigenvalue weighted by Gasteiger charge is -2.15. The summed E-state index contributed by atoms with van der Waals surface area (Å²) >= 11 is 0. The minimum Gasteiger partial charge on any atom is -0.493 e. The van der Waals surface area contributed by atoms with Crippen LogP contribution in [0.25, 0.3) is 0 Å². The number of benzene rings is 1. The molecule has 3 nitrogen and oxygen atoms in total. The summed E-state index contributed by atoms with van der Waals surface area (Å²) in [5.41, 5.74) is 6.48. The zero-order valence-corrected chi connectivity index (χ0v) is 9.54. The van der Waals surface area contributed by atoms with Crippen molar-refractivity contribution in [1.82, 2.24) is 0 Å². The van der Waals surface area contributed by atoms with E-state index in [0.717, 1.165) is 0 Å². The molecule has 1 atom stereocenters. The van der Waals surface area contributed by atoms with Crippen molar-refractivity contribution >= 4 is 0 Å². The molecule has 0 fully saturated rings. The molecule has 0 heterocycles. The van der Waals surface area contributed by atoms with Gasteiger partial charge in [0, 0.05) is 6.04 Å². The Balaban J connectivity index is 3.01. The van der Waals surface area contributed by atoms with Gasteiger partial charge >= 0.3 is 6.36 Å². The largest absolute Gasteiger partial charge is 0.573 e. The topological polar surface area (TPSA) is 44.5 Å². The number of ether oxygens (including phenoxy) is 2. The predicted octanol–water partition coefficient (Wildman–Crippen LogP) is 3.00. The molecule has 0 aliphatic carbocycles. The van der Waals surface area contributed by atoms with Crippen LogP contribution in [0.1, 0.15) is 24.9 Å². The van der Waals surface area contributed by atoms with E-state index in [4.69, 9.17) is 10.5 Å². The third-order valence-electron chi connectivity index (χ3n) is 2.28. The average molecular weight is 249 g/mol. The van der Waals surface area contributed by atoms with Crippen molar-refractivity contribution in [3.05, 3.63) is 23.8 Å². The number of halogens is 3. The van der Waals surface area contributed by atoms with Crippen LogP contribution in [0.5, 0.6) is 11.5 Å². The Morgan fingerprint density at radius 2 is 1.94 bits per heavy atom. The van der Waals surface area contributed by atoms with Gasteiger partial charge in [0.15, 0.2) is 11.5 Å². The number of nitrogens with two attached hydrogens (primary N) is 1. The normalized spacial score (nSPS) is 13.3. The van der Waals surface area contributed by atoms with E-state index in [1.807, 2.05) is 6.92 Å². The summed E-state index contributed by atoms with van der Waals surface area (Å²) in [6.07, 6.45) is -4.05. The van der Waals surface area contributed by atoms with E-state index in [9.17, 15) is 13.2 Å². The summed E-state index contributed by atoms with van der Waals surface area (Å²) in [6, 6.07) is 3.92. The smallest absolute Gasteiger partial charge is 0.493 e. The van der Waals surface area contributed by atoms with Crippen LogP contribution < -0.4 is 15.2 Å². The Kier molecular flexibility index (Phi) is 4.22. The maximum absolute atomic E-state index is 12.1. The first-order valence-corrected chi connectivity index (χ1v) is 5.06. The molecule has 0 saturated carbocycles. The van der Waals surface area contributed by atoms with Crippen molar-refractivity contribution in [3.63, 3.8) is 0 Å².